The molecule has 1 aromatic heterocycles. The number of imidazole rings is 1. The van der Waals surface area contributed by atoms with E-state index in [0.717, 1.165) is 39.4 Å². The predicted molar refractivity (Wildman–Crippen MR) is 105 cm³/mol. The molecule has 0 fully saturated rings. The summed E-state index contributed by atoms with van der Waals surface area (Å²) < 4.78 is 7.76. The lowest BCUT2D eigenvalue weighted by atomic mass is 9.95. The molecular formula is C22H19N3O. The predicted octanol–water partition coefficient (Wildman–Crippen LogP) is 4.86. The van der Waals surface area contributed by atoms with Crippen molar-refractivity contribution in [2.24, 2.45) is 0 Å². The van der Waals surface area contributed by atoms with Crippen LogP contribution < -0.4 is 10.1 Å². The Bertz CT molecular complexity index is 1130. The molecule has 0 radical (unpaired) electrons. The summed E-state index contributed by atoms with van der Waals surface area (Å²) >= 11 is 0. The Morgan fingerprint density at radius 1 is 0.962 bits per heavy atom. The summed E-state index contributed by atoms with van der Waals surface area (Å²) in [7, 11) is 1.70. The molecule has 4 heteroatoms. The minimum Gasteiger partial charge on any atom is -0.497 e. The van der Waals surface area contributed by atoms with Crippen LogP contribution >= 0.6 is 0 Å². The van der Waals surface area contributed by atoms with Gasteiger partial charge >= 0.3 is 0 Å². The third-order valence-electron chi connectivity index (χ3n) is 5.19. The smallest absolute Gasteiger partial charge is 0.145 e. The second-order valence-corrected chi connectivity index (χ2v) is 6.73. The zero-order chi connectivity index (χ0) is 17.7. The van der Waals surface area contributed by atoms with Crippen molar-refractivity contribution in [3.63, 3.8) is 0 Å². The summed E-state index contributed by atoms with van der Waals surface area (Å²) in [6.45, 7) is 2.19. The van der Waals surface area contributed by atoms with E-state index in [1.165, 1.54) is 0 Å². The third-order valence-corrected chi connectivity index (χ3v) is 5.19. The van der Waals surface area contributed by atoms with Crippen molar-refractivity contribution in [1.29, 1.82) is 0 Å². The summed E-state index contributed by atoms with van der Waals surface area (Å²) in [5, 5.41) is 3.74. The van der Waals surface area contributed by atoms with Gasteiger partial charge in [-0.2, -0.15) is 0 Å². The van der Waals surface area contributed by atoms with Gasteiger partial charge in [0.2, 0.25) is 0 Å². The van der Waals surface area contributed by atoms with Crippen molar-refractivity contribution < 1.29 is 4.74 Å². The van der Waals surface area contributed by atoms with E-state index in [1.54, 1.807) is 7.11 Å². The number of ether oxygens (including phenoxy) is 1. The molecule has 26 heavy (non-hydrogen) atoms. The molecule has 3 aromatic carbocycles. The van der Waals surface area contributed by atoms with Crippen LogP contribution in [0.4, 0.5) is 5.69 Å². The number of nitrogens with one attached hydrogen (secondary N) is 1. The van der Waals surface area contributed by atoms with E-state index in [4.69, 9.17) is 9.72 Å². The number of aromatic nitrogens is 2. The molecule has 5 rings (SSSR count). The highest BCUT2D eigenvalue weighted by Gasteiger charge is 2.37. The number of nitrogens with zero attached hydrogens (tertiary/aromatic N) is 2. The Morgan fingerprint density at radius 3 is 2.65 bits per heavy atom. The zero-order valence-electron chi connectivity index (χ0n) is 14.7. The molecule has 1 aliphatic rings. The monoisotopic (exact) mass is 341 g/mol. The molecule has 1 atom stereocenters. The summed E-state index contributed by atoms with van der Waals surface area (Å²) in [4.78, 5) is 4.95. The minimum atomic E-state index is -0.478. The molecule has 0 saturated heterocycles. The quantitative estimate of drug-likeness (QED) is 0.566. The molecule has 1 aliphatic heterocycles. The molecule has 2 heterocycles. The van der Waals surface area contributed by atoms with E-state index >= 15 is 0 Å². The molecule has 0 saturated carbocycles. The van der Waals surface area contributed by atoms with E-state index in [-0.39, 0.29) is 0 Å². The van der Waals surface area contributed by atoms with Crippen LogP contribution in [0, 0.1) is 0 Å². The van der Waals surface area contributed by atoms with E-state index in [9.17, 15) is 0 Å². The van der Waals surface area contributed by atoms with Gasteiger partial charge in [-0.15, -0.1) is 0 Å². The number of hydrogen-bond acceptors (Lipinski definition) is 3. The highest BCUT2D eigenvalue weighted by atomic mass is 16.5. The number of methoxy groups -OCH3 is 1. The minimum absolute atomic E-state index is 0.478. The van der Waals surface area contributed by atoms with Gasteiger partial charge in [-0.25, -0.2) is 4.98 Å². The largest absolute Gasteiger partial charge is 0.497 e. The van der Waals surface area contributed by atoms with Gasteiger partial charge in [-0.3, -0.25) is 4.57 Å². The summed E-state index contributed by atoms with van der Waals surface area (Å²) in [5.41, 5.74) is 4.94. The highest BCUT2D eigenvalue weighted by Crippen LogP contribution is 2.43. The van der Waals surface area contributed by atoms with E-state index < -0.39 is 5.66 Å². The number of anilines is 1. The van der Waals surface area contributed by atoms with Crippen LogP contribution in [-0.2, 0) is 5.66 Å². The standard InChI is InChI=1S/C22H19N3O/c1-22(15-8-7-9-16(14-15)26-2)24-18-11-4-3-10-17(18)21-23-19-12-5-6-13-20(19)25(21)22/h3-14,24H,1-2H3/t22-/m0/s1. The first kappa shape index (κ1) is 15.0. The zero-order valence-corrected chi connectivity index (χ0v) is 14.7. The van der Waals surface area contributed by atoms with E-state index in [2.05, 4.69) is 71.4 Å². The van der Waals surface area contributed by atoms with Crippen LogP contribution in [-0.4, -0.2) is 16.7 Å². The summed E-state index contributed by atoms with van der Waals surface area (Å²) in [6.07, 6.45) is 0. The number of benzene rings is 3. The lowest BCUT2D eigenvalue weighted by Crippen LogP contribution is -2.42. The Balaban J connectivity index is 1.86. The van der Waals surface area contributed by atoms with Crippen LogP contribution in [0.25, 0.3) is 22.4 Å². The Morgan fingerprint density at radius 2 is 1.77 bits per heavy atom. The van der Waals surface area contributed by atoms with Crippen LogP contribution in [0.15, 0.2) is 72.8 Å². The first-order valence-corrected chi connectivity index (χ1v) is 8.71. The Hall–Kier alpha value is -3.27. The van der Waals surface area contributed by atoms with Crippen LogP contribution in [0.1, 0.15) is 12.5 Å². The van der Waals surface area contributed by atoms with Crippen LogP contribution in [0.5, 0.6) is 5.75 Å². The molecule has 0 aliphatic carbocycles. The van der Waals surface area contributed by atoms with Crippen molar-refractivity contribution in [2.45, 2.75) is 12.6 Å². The number of fused-ring (bicyclic) bond motifs is 5. The first-order valence-electron chi connectivity index (χ1n) is 8.71. The molecule has 4 aromatic rings. The molecule has 4 nitrogen and oxygen atoms in total. The molecule has 0 amide bonds. The van der Waals surface area contributed by atoms with Gasteiger partial charge < -0.3 is 10.1 Å². The van der Waals surface area contributed by atoms with Crippen LogP contribution in [0.2, 0.25) is 0 Å². The van der Waals surface area contributed by atoms with Crippen molar-refractivity contribution in [1.82, 2.24) is 9.55 Å². The number of rotatable bonds is 2. The Kier molecular flexibility index (Phi) is 3.10. The van der Waals surface area contributed by atoms with Gasteiger partial charge in [0.25, 0.3) is 0 Å². The maximum atomic E-state index is 5.46. The summed E-state index contributed by atoms with van der Waals surface area (Å²) in [6, 6.07) is 24.8. The topological polar surface area (TPSA) is 39.1 Å². The lowest BCUT2D eigenvalue weighted by molar-refractivity contribution is 0.409. The van der Waals surface area contributed by atoms with Crippen molar-refractivity contribution >= 4 is 16.7 Å². The molecule has 128 valence electrons. The summed E-state index contributed by atoms with van der Waals surface area (Å²) in [5.74, 6) is 1.82. The first-order chi connectivity index (χ1) is 12.7. The van der Waals surface area contributed by atoms with Gasteiger partial charge in [0, 0.05) is 16.8 Å². The highest BCUT2D eigenvalue weighted by molar-refractivity contribution is 5.87. The third kappa shape index (κ3) is 1.99. The average Bonchev–Trinajstić information content (AvgIpc) is 3.09. The fraction of sp³-hybridized carbons (Fsp3) is 0.136. The molecule has 1 N–H and O–H groups in total. The fourth-order valence-electron chi connectivity index (χ4n) is 3.89. The Labute approximate surface area is 152 Å². The second-order valence-electron chi connectivity index (χ2n) is 6.73. The SMILES string of the molecule is COc1cccc([C@@]2(C)Nc3ccccc3-c3nc4ccccc4n32)c1. The number of para-hydroxylation sites is 3. The van der Waals surface area contributed by atoms with Crippen molar-refractivity contribution in [3.8, 4) is 17.1 Å². The van der Waals surface area contributed by atoms with Crippen molar-refractivity contribution in [2.75, 3.05) is 12.4 Å². The normalized spacial score (nSPS) is 18.1. The van der Waals surface area contributed by atoms with Gasteiger partial charge in [-0.1, -0.05) is 36.4 Å². The van der Waals surface area contributed by atoms with Gasteiger partial charge in [0.05, 0.1) is 18.1 Å². The fourth-order valence-corrected chi connectivity index (χ4v) is 3.89. The van der Waals surface area contributed by atoms with Gasteiger partial charge in [0.15, 0.2) is 0 Å². The molecule has 0 bridgehead atoms. The second kappa shape index (κ2) is 5.36. The van der Waals surface area contributed by atoms with E-state index in [0.29, 0.717) is 0 Å². The number of hydrogen-bond donors (Lipinski definition) is 1. The van der Waals surface area contributed by atoms with Crippen LogP contribution in [0.3, 0.4) is 0 Å². The average molecular weight is 341 g/mol. The molecule has 0 unspecified atom stereocenters. The molecular weight excluding hydrogens is 322 g/mol. The van der Waals surface area contributed by atoms with Gasteiger partial charge in [-0.05, 0) is 43.3 Å². The lowest BCUT2D eigenvalue weighted by Gasteiger charge is -2.40. The van der Waals surface area contributed by atoms with E-state index in [1.807, 2.05) is 18.2 Å². The van der Waals surface area contributed by atoms with Gasteiger partial charge in [0.1, 0.15) is 17.2 Å². The maximum absolute atomic E-state index is 5.46. The molecule has 0 spiro atoms. The van der Waals surface area contributed by atoms with Crippen molar-refractivity contribution in [3.05, 3.63) is 78.4 Å². The maximum Gasteiger partial charge on any atom is 0.145 e.